The Hall–Kier alpha value is -2.30. The van der Waals surface area contributed by atoms with E-state index in [4.69, 9.17) is 9.84 Å². The number of aliphatic carboxylic acids is 1. The van der Waals surface area contributed by atoms with E-state index in [1.54, 1.807) is 13.2 Å². The predicted molar refractivity (Wildman–Crippen MR) is 61.9 cm³/mol. The van der Waals surface area contributed by atoms with Crippen LogP contribution < -0.4 is 4.74 Å². The zero-order chi connectivity index (χ0) is 12.3. The number of carbonyl (C=O) groups is 1. The van der Waals surface area contributed by atoms with Crippen molar-refractivity contribution in [3.05, 3.63) is 36.0 Å². The topological polar surface area (TPSA) is 75.2 Å². The summed E-state index contributed by atoms with van der Waals surface area (Å²) in [7, 11) is 1.59. The van der Waals surface area contributed by atoms with E-state index in [-0.39, 0.29) is 6.42 Å². The highest BCUT2D eigenvalue weighted by molar-refractivity contribution is 5.72. The first-order valence-electron chi connectivity index (χ1n) is 5.10. The van der Waals surface area contributed by atoms with Gasteiger partial charge in [-0.1, -0.05) is 12.1 Å². The largest absolute Gasteiger partial charge is 0.496 e. The number of H-pyrrole nitrogens is 1. The van der Waals surface area contributed by atoms with Crippen molar-refractivity contribution < 1.29 is 14.6 Å². The molecule has 1 heterocycles. The van der Waals surface area contributed by atoms with Crippen molar-refractivity contribution in [1.29, 1.82) is 0 Å². The highest BCUT2D eigenvalue weighted by Gasteiger charge is 2.10. The molecule has 0 amide bonds. The van der Waals surface area contributed by atoms with Crippen LogP contribution in [0.1, 0.15) is 5.69 Å². The average molecular weight is 232 g/mol. The molecule has 5 heteroatoms. The van der Waals surface area contributed by atoms with Crippen LogP contribution in [0.2, 0.25) is 0 Å². The van der Waals surface area contributed by atoms with Gasteiger partial charge < -0.3 is 9.84 Å². The fourth-order valence-corrected chi connectivity index (χ4v) is 1.61. The van der Waals surface area contributed by atoms with E-state index in [9.17, 15) is 4.79 Å². The Morgan fingerprint density at radius 2 is 2.24 bits per heavy atom. The van der Waals surface area contributed by atoms with Gasteiger partial charge in [-0.25, -0.2) is 0 Å². The van der Waals surface area contributed by atoms with Gasteiger partial charge in [-0.05, 0) is 18.2 Å². The zero-order valence-corrected chi connectivity index (χ0v) is 9.30. The van der Waals surface area contributed by atoms with Gasteiger partial charge in [-0.15, -0.1) is 0 Å². The van der Waals surface area contributed by atoms with Crippen LogP contribution in [0.3, 0.4) is 0 Å². The van der Waals surface area contributed by atoms with Gasteiger partial charge in [0.1, 0.15) is 5.75 Å². The summed E-state index contributed by atoms with van der Waals surface area (Å²) in [6.45, 7) is 0. The lowest BCUT2D eigenvalue weighted by molar-refractivity contribution is -0.136. The van der Waals surface area contributed by atoms with Crippen LogP contribution >= 0.6 is 0 Å². The summed E-state index contributed by atoms with van der Waals surface area (Å²) >= 11 is 0. The first-order valence-corrected chi connectivity index (χ1v) is 5.10. The summed E-state index contributed by atoms with van der Waals surface area (Å²) in [5.74, 6) is -0.180. The van der Waals surface area contributed by atoms with E-state index >= 15 is 0 Å². The molecule has 88 valence electrons. The van der Waals surface area contributed by atoms with E-state index < -0.39 is 5.97 Å². The van der Waals surface area contributed by atoms with E-state index in [1.807, 2.05) is 24.3 Å². The number of aromatic amines is 1. The molecule has 0 aliphatic carbocycles. The molecule has 1 aromatic carbocycles. The Kier molecular flexibility index (Phi) is 3.09. The average Bonchev–Trinajstić information content (AvgIpc) is 2.76. The van der Waals surface area contributed by atoms with E-state index in [0.717, 1.165) is 5.56 Å². The molecule has 0 spiro atoms. The number of benzene rings is 1. The molecule has 0 radical (unpaired) electrons. The van der Waals surface area contributed by atoms with Crippen LogP contribution in [0.4, 0.5) is 0 Å². The minimum atomic E-state index is -0.889. The predicted octanol–water partition coefficient (Wildman–Crippen LogP) is 1.71. The van der Waals surface area contributed by atoms with Crippen molar-refractivity contribution in [2.45, 2.75) is 6.42 Å². The number of carboxylic acids is 1. The minimum Gasteiger partial charge on any atom is -0.496 e. The highest BCUT2D eigenvalue weighted by Crippen LogP contribution is 2.28. The van der Waals surface area contributed by atoms with Crippen LogP contribution in [0.15, 0.2) is 30.3 Å². The van der Waals surface area contributed by atoms with Crippen molar-refractivity contribution in [1.82, 2.24) is 10.2 Å². The number of hydrogen-bond acceptors (Lipinski definition) is 3. The number of methoxy groups -OCH3 is 1. The zero-order valence-electron chi connectivity index (χ0n) is 9.30. The number of nitrogens with zero attached hydrogens (tertiary/aromatic N) is 1. The van der Waals surface area contributed by atoms with Crippen molar-refractivity contribution in [2.24, 2.45) is 0 Å². The second kappa shape index (κ2) is 4.69. The van der Waals surface area contributed by atoms with Crippen molar-refractivity contribution >= 4 is 5.97 Å². The van der Waals surface area contributed by atoms with E-state index in [2.05, 4.69) is 10.2 Å². The molecule has 2 N–H and O–H groups in total. The summed E-state index contributed by atoms with van der Waals surface area (Å²) < 4.78 is 5.22. The van der Waals surface area contributed by atoms with Gasteiger partial charge >= 0.3 is 5.97 Å². The summed E-state index contributed by atoms with van der Waals surface area (Å²) in [6.07, 6.45) is -0.0673. The first-order chi connectivity index (χ1) is 8.20. The van der Waals surface area contributed by atoms with Crippen molar-refractivity contribution in [3.63, 3.8) is 0 Å². The quantitative estimate of drug-likeness (QED) is 0.841. The number of carboxylic acid groups (broad SMARTS) is 1. The van der Waals surface area contributed by atoms with Gasteiger partial charge in [-0.2, -0.15) is 5.10 Å². The lowest BCUT2D eigenvalue weighted by atomic mass is 10.1. The second-order valence-electron chi connectivity index (χ2n) is 3.55. The maximum Gasteiger partial charge on any atom is 0.309 e. The standard InChI is InChI=1S/C12H12N2O3/c1-17-11-5-3-2-4-9(11)10-6-8(13-14-10)7-12(15)16/h2-6H,7H2,1H3,(H,13,14)(H,15,16). The molecule has 5 nitrogen and oxygen atoms in total. The van der Waals surface area contributed by atoms with Crippen molar-refractivity contribution in [3.8, 4) is 17.0 Å². The molecule has 2 aromatic rings. The lowest BCUT2D eigenvalue weighted by Crippen LogP contribution is -1.99. The van der Waals surface area contributed by atoms with Gasteiger partial charge in [0, 0.05) is 11.3 Å². The van der Waals surface area contributed by atoms with E-state index in [0.29, 0.717) is 17.1 Å². The summed E-state index contributed by atoms with van der Waals surface area (Å²) in [6, 6.07) is 9.17. The second-order valence-corrected chi connectivity index (χ2v) is 3.55. The third kappa shape index (κ3) is 2.44. The normalized spacial score (nSPS) is 10.2. The summed E-state index contributed by atoms with van der Waals surface area (Å²) in [4.78, 5) is 10.6. The van der Waals surface area contributed by atoms with Crippen LogP contribution in [-0.4, -0.2) is 28.4 Å². The summed E-state index contributed by atoms with van der Waals surface area (Å²) in [5, 5.41) is 15.5. The Balaban J connectivity index is 2.33. The Labute approximate surface area is 98.0 Å². The minimum absolute atomic E-state index is 0.0673. The van der Waals surface area contributed by atoms with Gasteiger partial charge in [0.25, 0.3) is 0 Å². The number of ether oxygens (including phenoxy) is 1. The highest BCUT2D eigenvalue weighted by atomic mass is 16.5. The third-order valence-corrected chi connectivity index (χ3v) is 2.36. The Bertz CT molecular complexity index is 534. The molecule has 2 rings (SSSR count). The molecule has 0 bridgehead atoms. The van der Waals surface area contributed by atoms with Gasteiger partial charge in [0.15, 0.2) is 0 Å². The number of hydrogen-bond donors (Lipinski definition) is 2. The molecule has 1 aromatic heterocycles. The van der Waals surface area contributed by atoms with Gasteiger partial charge in [-0.3, -0.25) is 9.89 Å². The number of aromatic nitrogens is 2. The number of rotatable bonds is 4. The molecule has 0 saturated heterocycles. The molecule has 0 aliphatic heterocycles. The van der Waals surface area contributed by atoms with Gasteiger partial charge in [0.2, 0.25) is 0 Å². The van der Waals surface area contributed by atoms with Crippen LogP contribution in [0, 0.1) is 0 Å². The molecule has 0 aliphatic rings. The number of para-hydroxylation sites is 1. The Morgan fingerprint density at radius 1 is 1.47 bits per heavy atom. The molecule has 0 saturated carbocycles. The van der Waals surface area contributed by atoms with Crippen molar-refractivity contribution in [2.75, 3.05) is 7.11 Å². The first kappa shape index (κ1) is 11.2. The molecule has 0 atom stereocenters. The molecular formula is C12H12N2O3. The Morgan fingerprint density at radius 3 is 2.94 bits per heavy atom. The maximum atomic E-state index is 10.6. The van der Waals surface area contributed by atoms with Gasteiger partial charge in [0.05, 0.1) is 19.2 Å². The van der Waals surface area contributed by atoms with Crippen LogP contribution in [0.25, 0.3) is 11.3 Å². The fraction of sp³-hybridized carbons (Fsp3) is 0.167. The lowest BCUT2D eigenvalue weighted by Gasteiger charge is -2.04. The van der Waals surface area contributed by atoms with Crippen LogP contribution in [0.5, 0.6) is 5.75 Å². The molecule has 0 unspecified atom stereocenters. The molecular weight excluding hydrogens is 220 g/mol. The van der Waals surface area contributed by atoms with Crippen LogP contribution in [-0.2, 0) is 11.2 Å². The smallest absolute Gasteiger partial charge is 0.309 e. The molecule has 17 heavy (non-hydrogen) atoms. The molecule has 0 fully saturated rings. The SMILES string of the molecule is COc1ccccc1-c1cc(CC(=O)O)[nH]n1. The maximum absolute atomic E-state index is 10.6. The monoisotopic (exact) mass is 232 g/mol. The summed E-state index contributed by atoms with van der Waals surface area (Å²) in [5.41, 5.74) is 2.08. The number of nitrogens with one attached hydrogen (secondary N) is 1. The fourth-order valence-electron chi connectivity index (χ4n) is 1.61. The van der Waals surface area contributed by atoms with E-state index in [1.165, 1.54) is 0 Å². The third-order valence-electron chi connectivity index (χ3n) is 2.36.